The van der Waals surface area contributed by atoms with Crippen LogP contribution in [0.2, 0.25) is 0 Å². The van der Waals surface area contributed by atoms with E-state index in [0.717, 1.165) is 50.7 Å². The summed E-state index contributed by atoms with van der Waals surface area (Å²) >= 11 is 0. The summed E-state index contributed by atoms with van der Waals surface area (Å²) in [6.45, 7) is 12.2. The number of carbonyl (C=O) groups excluding carboxylic acids is 1. The number of amides is 1. The van der Waals surface area contributed by atoms with Crippen molar-refractivity contribution in [2.45, 2.75) is 58.9 Å². The molecule has 1 unspecified atom stereocenters. The van der Waals surface area contributed by atoms with Crippen molar-refractivity contribution >= 4 is 35.8 Å². The first-order valence-electron chi connectivity index (χ1n) is 9.56. The molecule has 1 atom stereocenters. The van der Waals surface area contributed by atoms with E-state index in [1.807, 2.05) is 0 Å². The molecule has 2 aliphatic rings. The van der Waals surface area contributed by atoms with E-state index >= 15 is 0 Å². The van der Waals surface area contributed by atoms with E-state index in [4.69, 9.17) is 9.41 Å². The fraction of sp³-hybridized carbons (Fsp3) is 0.737. The van der Waals surface area contributed by atoms with Crippen molar-refractivity contribution in [2.24, 2.45) is 10.4 Å². The van der Waals surface area contributed by atoms with Crippen LogP contribution in [0.25, 0.3) is 0 Å². The number of hydrogen-bond acceptors (Lipinski definition) is 4. The second-order valence-electron chi connectivity index (χ2n) is 8.52. The summed E-state index contributed by atoms with van der Waals surface area (Å²) in [5.41, 5.74) is -0.00537. The fourth-order valence-corrected chi connectivity index (χ4v) is 3.73. The van der Waals surface area contributed by atoms with E-state index < -0.39 is 0 Å². The minimum Gasteiger partial charge on any atom is -0.443 e. The largest absolute Gasteiger partial charge is 0.443 e. The average Bonchev–Trinajstić information content (AvgIpc) is 3.19. The highest BCUT2D eigenvalue weighted by Crippen LogP contribution is 2.36. The molecule has 1 amide bonds. The van der Waals surface area contributed by atoms with Crippen LogP contribution in [0.1, 0.15) is 58.6 Å². The summed E-state index contributed by atoms with van der Waals surface area (Å²) in [5.74, 6) is 2.56. The minimum absolute atomic E-state index is 0. The van der Waals surface area contributed by atoms with E-state index in [1.165, 1.54) is 0 Å². The van der Waals surface area contributed by atoms with Crippen molar-refractivity contribution in [2.75, 3.05) is 26.2 Å². The number of aliphatic imine (C=N–C) groups is 1. The first kappa shape index (κ1) is 22.0. The van der Waals surface area contributed by atoms with Gasteiger partial charge < -0.3 is 20.0 Å². The maximum atomic E-state index is 11.7. The number of hydrogen-bond donors (Lipinski definition) is 2. The molecule has 2 fully saturated rings. The number of nitrogens with zero attached hydrogens (tertiary/aromatic N) is 3. The third-order valence-electron chi connectivity index (χ3n) is 5.15. The van der Waals surface area contributed by atoms with Gasteiger partial charge in [-0.25, -0.2) is 9.98 Å². The zero-order chi connectivity index (χ0) is 18.8. The number of nitrogens with one attached hydrogen (secondary N) is 2. The molecule has 0 saturated carbocycles. The monoisotopic (exact) mass is 489 g/mol. The summed E-state index contributed by atoms with van der Waals surface area (Å²) in [4.78, 5) is 23.1. The van der Waals surface area contributed by atoms with Crippen molar-refractivity contribution in [3.63, 3.8) is 0 Å². The topological polar surface area (TPSA) is 82.8 Å². The van der Waals surface area contributed by atoms with Gasteiger partial charge >= 0.3 is 0 Å². The molecule has 27 heavy (non-hydrogen) atoms. The molecule has 2 saturated heterocycles. The molecule has 7 nitrogen and oxygen atoms in total. The molecular weight excluding hydrogens is 457 g/mol. The lowest BCUT2D eigenvalue weighted by Crippen LogP contribution is -2.51. The van der Waals surface area contributed by atoms with Crippen molar-refractivity contribution in [1.29, 1.82) is 0 Å². The Labute approximate surface area is 178 Å². The van der Waals surface area contributed by atoms with Crippen LogP contribution in [0.3, 0.4) is 0 Å². The Balaban J connectivity index is 0.00000261. The molecule has 2 N–H and O–H groups in total. The van der Waals surface area contributed by atoms with Gasteiger partial charge in [-0.05, 0) is 19.8 Å². The van der Waals surface area contributed by atoms with Gasteiger partial charge in [-0.3, -0.25) is 4.79 Å². The molecule has 0 radical (unpaired) electrons. The van der Waals surface area contributed by atoms with E-state index in [0.29, 0.717) is 18.9 Å². The molecule has 3 heterocycles. The maximum Gasteiger partial charge on any atom is 0.220 e. The maximum absolute atomic E-state index is 11.7. The lowest BCUT2D eigenvalue weighted by Gasteiger charge is -2.40. The molecule has 1 aromatic heterocycles. The van der Waals surface area contributed by atoms with Crippen LogP contribution in [0.5, 0.6) is 0 Å². The molecule has 2 aliphatic heterocycles. The van der Waals surface area contributed by atoms with Gasteiger partial charge in [-0.15, -0.1) is 24.0 Å². The van der Waals surface area contributed by atoms with E-state index in [2.05, 4.69) is 48.2 Å². The van der Waals surface area contributed by atoms with Crippen molar-refractivity contribution < 1.29 is 9.21 Å². The number of carbonyl (C=O) groups is 1. The minimum atomic E-state index is -0.0548. The van der Waals surface area contributed by atoms with Gasteiger partial charge in [0.15, 0.2) is 5.96 Å². The Hall–Kier alpha value is -1.32. The van der Waals surface area contributed by atoms with Crippen molar-refractivity contribution in [1.82, 2.24) is 20.5 Å². The molecule has 0 aliphatic carbocycles. The third kappa shape index (κ3) is 5.36. The molecule has 1 spiro atoms. The molecule has 0 aromatic carbocycles. The molecule has 8 heteroatoms. The van der Waals surface area contributed by atoms with Gasteiger partial charge in [0.1, 0.15) is 12.3 Å². The van der Waals surface area contributed by atoms with E-state index in [-0.39, 0.29) is 40.7 Å². The Morgan fingerprint density at radius 2 is 2.26 bits per heavy atom. The molecule has 0 bridgehead atoms. The highest BCUT2D eigenvalue weighted by Gasteiger charge is 2.42. The van der Waals surface area contributed by atoms with Crippen LogP contribution in [0, 0.1) is 5.41 Å². The fourth-order valence-electron chi connectivity index (χ4n) is 3.73. The van der Waals surface area contributed by atoms with E-state index in [1.54, 1.807) is 6.20 Å². The summed E-state index contributed by atoms with van der Waals surface area (Å²) in [6, 6.07) is 0. The first-order chi connectivity index (χ1) is 12.3. The van der Waals surface area contributed by atoms with Gasteiger partial charge in [0.05, 0.1) is 6.20 Å². The quantitative estimate of drug-likeness (QED) is 0.388. The molecular formula is C19H32IN5O2. The van der Waals surface area contributed by atoms with E-state index in [9.17, 15) is 4.79 Å². The van der Waals surface area contributed by atoms with Crippen molar-refractivity contribution in [3.05, 3.63) is 17.8 Å². The summed E-state index contributed by atoms with van der Waals surface area (Å²) in [6.07, 6.45) is 4.59. The van der Waals surface area contributed by atoms with Crippen LogP contribution in [-0.4, -0.2) is 47.9 Å². The standard InChI is InChI=1S/C19H31N5O2.HI/c1-5-20-17(22-11-16-21-10-14(26-16)18(2,3)4)24-8-6-7-19(13-24)9-15(25)23-12-19;/h10H,5-9,11-13H2,1-4H3,(H,20,22)(H,23,25);1H. The van der Waals surface area contributed by atoms with Crippen LogP contribution in [-0.2, 0) is 16.8 Å². The average molecular weight is 489 g/mol. The summed E-state index contributed by atoms with van der Waals surface area (Å²) in [5, 5.41) is 6.37. The highest BCUT2D eigenvalue weighted by atomic mass is 127. The predicted octanol–water partition coefficient (Wildman–Crippen LogP) is 2.66. The molecule has 1 aromatic rings. The number of likely N-dealkylation sites (tertiary alicyclic amines) is 1. The lowest BCUT2D eigenvalue weighted by atomic mass is 9.79. The zero-order valence-corrected chi connectivity index (χ0v) is 19.1. The number of guanidine groups is 1. The number of piperidine rings is 1. The first-order valence-corrected chi connectivity index (χ1v) is 9.56. The zero-order valence-electron chi connectivity index (χ0n) is 16.8. The summed E-state index contributed by atoms with van der Waals surface area (Å²) < 4.78 is 5.85. The predicted molar refractivity (Wildman–Crippen MR) is 116 cm³/mol. The molecule has 152 valence electrons. The Morgan fingerprint density at radius 1 is 1.48 bits per heavy atom. The number of aromatic nitrogens is 1. The number of rotatable bonds is 3. The van der Waals surface area contributed by atoms with Crippen LogP contribution >= 0.6 is 24.0 Å². The van der Waals surface area contributed by atoms with Crippen molar-refractivity contribution in [3.8, 4) is 0 Å². The second-order valence-corrected chi connectivity index (χ2v) is 8.52. The summed E-state index contributed by atoms with van der Waals surface area (Å²) in [7, 11) is 0. The van der Waals surface area contributed by atoms with Gasteiger partial charge in [-0.2, -0.15) is 0 Å². The number of oxazole rings is 1. The van der Waals surface area contributed by atoms with Gasteiger partial charge in [-0.1, -0.05) is 20.8 Å². The Morgan fingerprint density at radius 3 is 2.85 bits per heavy atom. The van der Waals surface area contributed by atoms with Gasteiger partial charge in [0.25, 0.3) is 0 Å². The Kier molecular flexibility index (Phi) is 7.15. The second kappa shape index (κ2) is 8.79. The third-order valence-corrected chi connectivity index (χ3v) is 5.15. The smallest absolute Gasteiger partial charge is 0.220 e. The molecule has 3 rings (SSSR count). The van der Waals surface area contributed by atoms with Gasteiger partial charge in [0, 0.05) is 43.4 Å². The SMILES string of the molecule is CCNC(=NCc1ncc(C(C)(C)C)o1)N1CCCC2(CNC(=O)C2)C1.I. The Bertz CT molecular complexity index is 682. The normalized spacial score (nSPS) is 23.3. The van der Waals surface area contributed by atoms with Crippen LogP contribution in [0.15, 0.2) is 15.6 Å². The van der Waals surface area contributed by atoms with Gasteiger partial charge in [0.2, 0.25) is 11.8 Å². The number of halogens is 1. The van der Waals surface area contributed by atoms with Crippen LogP contribution < -0.4 is 10.6 Å². The van der Waals surface area contributed by atoms with Crippen LogP contribution in [0.4, 0.5) is 0 Å². The lowest BCUT2D eigenvalue weighted by molar-refractivity contribution is -0.119. The highest BCUT2D eigenvalue weighted by molar-refractivity contribution is 14.0.